The Morgan fingerprint density at radius 2 is 1.94 bits per heavy atom. The van der Waals surface area contributed by atoms with Crippen molar-refractivity contribution >= 4 is 22.5 Å². The fourth-order valence-corrected chi connectivity index (χ4v) is 4.25. The predicted molar refractivity (Wildman–Crippen MR) is 135 cm³/mol. The van der Waals surface area contributed by atoms with Crippen LogP contribution in [0.3, 0.4) is 0 Å². The number of likely N-dealkylation sites (tertiary alicyclic amines) is 1. The Kier molecular flexibility index (Phi) is 6.50. The van der Waals surface area contributed by atoms with Gasteiger partial charge in [-0.2, -0.15) is 5.10 Å². The normalized spacial score (nSPS) is 15.1. The van der Waals surface area contributed by atoms with E-state index in [1.807, 2.05) is 32.0 Å². The second-order valence-corrected chi connectivity index (χ2v) is 9.47. The minimum atomic E-state index is -0.0500. The van der Waals surface area contributed by atoms with Crippen molar-refractivity contribution in [2.45, 2.75) is 45.2 Å². The van der Waals surface area contributed by atoms with Gasteiger partial charge in [0.15, 0.2) is 5.78 Å². The highest BCUT2D eigenvalue weighted by Gasteiger charge is 2.17. The number of piperidine rings is 1. The van der Waals surface area contributed by atoms with Crippen LogP contribution in [0.1, 0.15) is 48.9 Å². The highest BCUT2D eigenvalue weighted by Crippen LogP contribution is 2.23. The Balaban J connectivity index is 1.34. The Labute approximate surface area is 204 Å². The number of ketones is 1. The van der Waals surface area contributed by atoms with Crippen LogP contribution in [0.15, 0.2) is 49.2 Å². The summed E-state index contributed by atoms with van der Waals surface area (Å²) in [5.41, 5.74) is 3.04. The molecule has 35 heavy (non-hydrogen) atoms. The van der Waals surface area contributed by atoms with Crippen molar-refractivity contribution in [2.75, 3.05) is 25.5 Å². The number of nitrogens with one attached hydrogen (secondary N) is 1. The molecule has 0 atom stereocenters. The number of anilines is 1. The molecule has 9 nitrogen and oxygen atoms in total. The van der Waals surface area contributed by atoms with Gasteiger partial charge >= 0.3 is 0 Å². The summed E-state index contributed by atoms with van der Waals surface area (Å²) in [7, 11) is 2.15. The molecule has 0 aliphatic carbocycles. The van der Waals surface area contributed by atoms with Gasteiger partial charge in [0.05, 0.1) is 41.8 Å². The van der Waals surface area contributed by atoms with Crippen LogP contribution in [-0.2, 0) is 6.42 Å². The van der Waals surface area contributed by atoms with Crippen molar-refractivity contribution in [2.24, 2.45) is 0 Å². The molecular weight excluding hydrogens is 440 g/mol. The number of nitrogens with zero attached hydrogens (tertiary/aromatic N) is 7. The summed E-state index contributed by atoms with van der Waals surface area (Å²) in [5.74, 6) is 1.22. The largest absolute Gasteiger partial charge is 0.366 e. The molecule has 1 aliphatic rings. The molecule has 0 radical (unpaired) electrons. The summed E-state index contributed by atoms with van der Waals surface area (Å²) in [4.78, 5) is 33.3. The van der Waals surface area contributed by atoms with E-state index in [0.29, 0.717) is 17.4 Å². The lowest BCUT2D eigenvalue weighted by atomic mass is 10.1. The summed E-state index contributed by atoms with van der Waals surface area (Å²) in [6, 6.07) is 6.56. The fourth-order valence-electron chi connectivity index (χ4n) is 4.25. The maximum Gasteiger partial charge on any atom is 0.173 e. The number of hydrogen-bond acceptors (Lipinski definition) is 8. The van der Waals surface area contributed by atoms with Gasteiger partial charge in [0.1, 0.15) is 11.6 Å². The molecule has 9 heteroatoms. The standard InChI is InChI=1S/C26H30N8O/c1-17(2)34-16-20(13-29-34)24(35)11-25-28-12-19-5-4-18(10-22(19)31-25)23-14-27-15-26(32-23)30-21-6-8-33(3)9-7-21/h4-5,10,12-17,21H,6-9,11H2,1-3H3,(H,30,32). The molecule has 1 aliphatic heterocycles. The summed E-state index contributed by atoms with van der Waals surface area (Å²) in [6.45, 7) is 6.21. The van der Waals surface area contributed by atoms with Crippen LogP contribution in [0.2, 0.25) is 0 Å². The Bertz CT molecular complexity index is 1340. The maximum atomic E-state index is 12.7. The minimum Gasteiger partial charge on any atom is -0.366 e. The van der Waals surface area contributed by atoms with Crippen LogP contribution in [-0.4, -0.2) is 66.6 Å². The van der Waals surface area contributed by atoms with Gasteiger partial charge in [-0.25, -0.2) is 15.0 Å². The second kappa shape index (κ2) is 9.87. The zero-order valence-electron chi connectivity index (χ0n) is 20.3. The molecule has 4 heterocycles. The lowest BCUT2D eigenvalue weighted by molar-refractivity contribution is 0.0991. The number of Topliss-reactive ketones (excluding diaryl/α,β-unsaturated/α-hetero) is 1. The third-order valence-electron chi connectivity index (χ3n) is 6.40. The molecule has 3 aromatic heterocycles. The van der Waals surface area contributed by atoms with Gasteiger partial charge in [0, 0.05) is 35.4 Å². The second-order valence-electron chi connectivity index (χ2n) is 9.47. The molecule has 0 spiro atoms. The van der Waals surface area contributed by atoms with E-state index in [0.717, 1.165) is 53.9 Å². The third kappa shape index (κ3) is 5.35. The molecule has 0 amide bonds. The van der Waals surface area contributed by atoms with Gasteiger partial charge in [-0.15, -0.1) is 0 Å². The quantitative estimate of drug-likeness (QED) is 0.407. The van der Waals surface area contributed by atoms with E-state index in [1.54, 1.807) is 35.7 Å². The van der Waals surface area contributed by atoms with Crippen LogP contribution >= 0.6 is 0 Å². The van der Waals surface area contributed by atoms with Crippen molar-refractivity contribution in [3.63, 3.8) is 0 Å². The van der Waals surface area contributed by atoms with Crippen LogP contribution in [0.4, 0.5) is 5.82 Å². The molecule has 1 fully saturated rings. The van der Waals surface area contributed by atoms with Crippen molar-refractivity contribution in [1.29, 1.82) is 0 Å². The SMILES string of the molecule is CC(C)n1cc(C(=O)Cc2ncc3ccc(-c4cncc(NC5CCN(C)CC5)n4)cc3n2)cn1. The molecule has 1 N–H and O–H groups in total. The van der Waals surface area contributed by atoms with Gasteiger partial charge in [0.2, 0.25) is 0 Å². The summed E-state index contributed by atoms with van der Waals surface area (Å²) < 4.78 is 1.78. The van der Waals surface area contributed by atoms with Crippen LogP contribution in [0.5, 0.6) is 0 Å². The molecule has 180 valence electrons. The van der Waals surface area contributed by atoms with Crippen LogP contribution in [0, 0.1) is 0 Å². The highest BCUT2D eigenvalue weighted by molar-refractivity contribution is 5.97. The van der Waals surface area contributed by atoms with E-state index < -0.39 is 0 Å². The fraction of sp³-hybridized carbons (Fsp3) is 0.385. The zero-order valence-corrected chi connectivity index (χ0v) is 20.3. The maximum absolute atomic E-state index is 12.7. The lowest BCUT2D eigenvalue weighted by Gasteiger charge is -2.29. The molecule has 0 unspecified atom stereocenters. The van der Waals surface area contributed by atoms with E-state index in [9.17, 15) is 4.79 Å². The molecule has 5 rings (SSSR count). The van der Waals surface area contributed by atoms with Gasteiger partial charge < -0.3 is 10.2 Å². The van der Waals surface area contributed by atoms with Gasteiger partial charge in [-0.3, -0.25) is 14.5 Å². The van der Waals surface area contributed by atoms with Crippen molar-refractivity contribution < 1.29 is 4.79 Å². The molecule has 0 saturated carbocycles. The van der Waals surface area contributed by atoms with Crippen molar-refractivity contribution in [1.82, 2.24) is 34.6 Å². The van der Waals surface area contributed by atoms with Crippen molar-refractivity contribution in [3.05, 3.63) is 60.6 Å². The van der Waals surface area contributed by atoms with Crippen LogP contribution < -0.4 is 5.32 Å². The van der Waals surface area contributed by atoms with E-state index in [1.165, 1.54) is 0 Å². The summed E-state index contributed by atoms with van der Waals surface area (Å²) >= 11 is 0. The average molecular weight is 471 g/mol. The number of benzene rings is 1. The van der Waals surface area contributed by atoms with Crippen molar-refractivity contribution in [3.8, 4) is 11.3 Å². The first-order chi connectivity index (χ1) is 16.9. The minimum absolute atomic E-state index is 0.0500. The van der Waals surface area contributed by atoms with E-state index in [4.69, 9.17) is 4.98 Å². The molecular formula is C26H30N8O. The van der Waals surface area contributed by atoms with Gasteiger partial charge in [0.25, 0.3) is 0 Å². The first-order valence-corrected chi connectivity index (χ1v) is 12.0. The summed E-state index contributed by atoms with van der Waals surface area (Å²) in [6.07, 6.45) is 11.0. The number of hydrogen-bond donors (Lipinski definition) is 1. The first-order valence-electron chi connectivity index (χ1n) is 12.0. The molecule has 1 saturated heterocycles. The predicted octanol–water partition coefficient (Wildman–Crippen LogP) is 3.80. The number of rotatable bonds is 7. The number of fused-ring (bicyclic) bond motifs is 1. The molecule has 1 aromatic carbocycles. The number of carbonyl (C=O) groups excluding carboxylic acids is 1. The smallest absolute Gasteiger partial charge is 0.173 e. The topological polar surface area (TPSA) is 102 Å². The molecule has 4 aromatic rings. The first kappa shape index (κ1) is 23.0. The van der Waals surface area contributed by atoms with Gasteiger partial charge in [-0.05, 0) is 52.9 Å². The Morgan fingerprint density at radius 3 is 2.71 bits per heavy atom. The Hall–Kier alpha value is -3.72. The summed E-state index contributed by atoms with van der Waals surface area (Å²) in [5, 5.41) is 8.70. The molecule has 0 bridgehead atoms. The zero-order chi connectivity index (χ0) is 24.4. The number of carbonyl (C=O) groups is 1. The number of aromatic nitrogens is 6. The lowest BCUT2D eigenvalue weighted by Crippen LogP contribution is -2.36. The highest BCUT2D eigenvalue weighted by atomic mass is 16.1. The monoisotopic (exact) mass is 470 g/mol. The van der Waals surface area contributed by atoms with E-state index in [2.05, 4.69) is 37.3 Å². The average Bonchev–Trinajstić information content (AvgIpc) is 3.36. The van der Waals surface area contributed by atoms with E-state index >= 15 is 0 Å². The Morgan fingerprint density at radius 1 is 1.11 bits per heavy atom. The van der Waals surface area contributed by atoms with E-state index in [-0.39, 0.29) is 18.2 Å². The van der Waals surface area contributed by atoms with Crippen LogP contribution in [0.25, 0.3) is 22.2 Å². The van der Waals surface area contributed by atoms with Gasteiger partial charge in [-0.1, -0.05) is 12.1 Å². The third-order valence-corrected chi connectivity index (χ3v) is 6.40.